The number of rotatable bonds is 1. The minimum atomic E-state index is -0.590. The summed E-state index contributed by atoms with van der Waals surface area (Å²) in [5, 5.41) is 4.07. The summed E-state index contributed by atoms with van der Waals surface area (Å²) in [6.45, 7) is 5.31. The van der Waals surface area contributed by atoms with Crippen LogP contribution in [-0.4, -0.2) is 28.6 Å². The van der Waals surface area contributed by atoms with E-state index in [1.165, 1.54) is 13.3 Å². The molecule has 0 aliphatic rings. The van der Waals surface area contributed by atoms with E-state index in [1.54, 1.807) is 20.8 Å². The minimum absolute atomic E-state index is 0.197. The molecule has 0 N–H and O–H groups in total. The van der Waals surface area contributed by atoms with Crippen molar-refractivity contribution in [2.45, 2.75) is 26.4 Å². The zero-order valence-electron chi connectivity index (χ0n) is 9.07. The van der Waals surface area contributed by atoms with Crippen LogP contribution in [0.2, 0.25) is 5.02 Å². The Bertz CT molecular complexity index is 368. The molecule has 1 rings (SSSR count). The van der Waals surface area contributed by atoms with Crippen molar-refractivity contribution in [1.82, 2.24) is 9.78 Å². The van der Waals surface area contributed by atoms with Gasteiger partial charge in [-0.15, -0.1) is 5.10 Å². The van der Waals surface area contributed by atoms with Gasteiger partial charge in [0.2, 0.25) is 0 Å². The first-order valence-corrected chi connectivity index (χ1v) is 4.74. The quantitative estimate of drug-likeness (QED) is 0.746. The second kappa shape index (κ2) is 4.10. The van der Waals surface area contributed by atoms with E-state index in [0.717, 1.165) is 4.68 Å². The maximum Gasteiger partial charge on any atom is 0.435 e. The highest BCUT2D eigenvalue weighted by molar-refractivity contribution is 6.31. The van der Waals surface area contributed by atoms with Crippen LogP contribution in [0.4, 0.5) is 4.79 Å². The zero-order chi connectivity index (χ0) is 11.6. The van der Waals surface area contributed by atoms with Crippen LogP contribution in [0.5, 0.6) is 5.88 Å². The first kappa shape index (κ1) is 11.8. The number of aromatic nitrogens is 2. The van der Waals surface area contributed by atoms with E-state index in [9.17, 15) is 4.79 Å². The molecular weight excluding hydrogens is 220 g/mol. The van der Waals surface area contributed by atoms with Crippen LogP contribution < -0.4 is 4.74 Å². The number of hydrogen-bond donors (Lipinski definition) is 0. The van der Waals surface area contributed by atoms with Gasteiger partial charge < -0.3 is 9.47 Å². The fourth-order valence-electron chi connectivity index (χ4n) is 0.878. The first-order chi connectivity index (χ1) is 6.83. The molecule has 6 heteroatoms. The van der Waals surface area contributed by atoms with Gasteiger partial charge in [0, 0.05) is 0 Å². The second-order valence-electron chi connectivity index (χ2n) is 3.91. The monoisotopic (exact) mass is 232 g/mol. The predicted octanol–water partition coefficient (Wildman–Crippen LogP) is 2.33. The molecule has 1 heterocycles. The van der Waals surface area contributed by atoms with Crippen molar-refractivity contribution in [3.8, 4) is 5.88 Å². The van der Waals surface area contributed by atoms with Crippen molar-refractivity contribution < 1.29 is 14.3 Å². The summed E-state index contributed by atoms with van der Waals surface area (Å²) >= 11 is 5.74. The van der Waals surface area contributed by atoms with Crippen LogP contribution in [0.3, 0.4) is 0 Å². The molecule has 0 bridgehead atoms. The Balaban J connectivity index is 2.83. The fraction of sp³-hybridized carbons (Fsp3) is 0.556. The summed E-state index contributed by atoms with van der Waals surface area (Å²) in [6, 6.07) is 0. The van der Waals surface area contributed by atoms with Crippen LogP contribution in [-0.2, 0) is 4.74 Å². The molecule has 0 aliphatic carbocycles. The lowest BCUT2D eigenvalue weighted by Crippen LogP contribution is -2.27. The maximum atomic E-state index is 11.5. The van der Waals surface area contributed by atoms with Gasteiger partial charge in [0.1, 0.15) is 10.6 Å². The van der Waals surface area contributed by atoms with Gasteiger partial charge in [-0.3, -0.25) is 0 Å². The predicted molar refractivity (Wildman–Crippen MR) is 55.4 cm³/mol. The lowest BCUT2D eigenvalue weighted by atomic mass is 10.2. The summed E-state index contributed by atoms with van der Waals surface area (Å²) in [4.78, 5) is 11.5. The largest absolute Gasteiger partial charge is 0.479 e. The van der Waals surface area contributed by atoms with Gasteiger partial charge >= 0.3 is 6.09 Å². The zero-order valence-corrected chi connectivity index (χ0v) is 9.83. The Kier molecular flexibility index (Phi) is 3.24. The summed E-state index contributed by atoms with van der Waals surface area (Å²) in [5.74, 6) is 0.197. The number of nitrogens with zero attached hydrogens (tertiary/aromatic N) is 2. The van der Waals surface area contributed by atoms with Crippen molar-refractivity contribution in [2.24, 2.45) is 0 Å². The van der Waals surface area contributed by atoms with Gasteiger partial charge in [-0.2, -0.15) is 4.68 Å². The highest BCUT2D eigenvalue weighted by Gasteiger charge is 2.20. The summed E-state index contributed by atoms with van der Waals surface area (Å²) < 4.78 is 10.9. The normalized spacial score (nSPS) is 11.3. The van der Waals surface area contributed by atoms with Gasteiger partial charge in [0.25, 0.3) is 5.88 Å². The van der Waals surface area contributed by atoms with E-state index in [1.807, 2.05) is 0 Å². The topological polar surface area (TPSA) is 53.4 Å². The van der Waals surface area contributed by atoms with Crippen molar-refractivity contribution >= 4 is 17.7 Å². The molecule has 0 fully saturated rings. The summed E-state index contributed by atoms with van der Waals surface area (Å²) in [5.41, 5.74) is -0.567. The van der Waals surface area contributed by atoms with Crippen LogP contribution in [0.15, 0.2) is 6.20 Å². The molecule has 5 nitrogen and oxygen atoms in total. The van der Waals surface area contributed by atoms with E-state index in [-0.39, 0.29) is 10.9 Å². The van der Waals surface area contributed by atoms with Gasteiger partial charge in [0.15, 0.2) is 0 Å². The molecular formula is C9H13ClN2O3. The smallest absolute Gasteiger partial charge is 0.435 e. The highest BCUT2D eigenvalue weighted by atomic mass is 35.5. The van der Waals surface area contributed by atoms with E-state index in [2.05, 4.69) is 5.10 Å². The van der Waals surface area contributed by atoms with Crippen LogP contribution >= 0.6 is 11.6 Å². The summed E-state index contributed by atoms with van der Waals surface area (Å²) in [6.07, 6.45) is 0.752. The van der Waals surface area contributed by atoms with Gasteiger partial charge in [-0.25, -0.2) is 4.79 Å². The van der Waals surface area contributed by atoms with Crippen molar-refractivity contribution in [1.29, 1.82) is 0 Å². The Morgan fingerprint density at radius 2 is 2.13 bits per heavy atom. The first-order valence-electron chi connectivity index (χ1n) is 4.36. The number of halogens is 1. The lowest BCUT2D eigenvalue weighted by Gasteiger charge is -2.18. The van der Waals surface area contributed by atoms with Gasteiger partial charge in [0.05, 0.1) is 13.3 Å². The van der Waals surface area contributed by atoms with E-state index in [0.29, 0.717) is 0 Å². The Morgan fingerprint density at radius 1 is 1.53 bits per heavy atom. The van der Waals surface area contributed by atoms with E-state index >= 15 is 0 Å². The van der Waals surface area contributed by atoms with E-state index in [4.69, 9.17) is 21.1 Å². The van der Waals surface area contributed by atoms with Crippen molar-refractivity contribution in [3.63, 3.8) is 0 Å². The standard InChI is InChI=1S/C9H13ClN2O3/c1-9(2,3)15-8(13)12-5-6(10)7(11-12)14-4/h5H,1-4H3. The molecule has 0 unspecified atom stereocenters. The average molecular weight is 233 g/mol. The third-order valence-corrected chi connectivity index (χ3v) is 1.67. The summed E-state index contributed by atoms with van der Waals surface area (Å²) in [7, 11) is 1.42. The average Bonchev–Trinajstić information content (AvgIpc) is 2.43. The fourth-order valence-corrected chi connectivity index (χ4v) is 1.09. The molecule has 15 heavy (non-hydrogen) atoms. The molecule has 0 radical (unpaired) electrons. The third kappa shape index (κ3) is 3.13. The van der Waals surface area contributed by atoms with Gasteiger partial charge in [-0.1, -0.05) is 11.6 Å². The van der Waals surface area contributed by atoms with Crippen molar-refractivity contribution in [2.75, 3.05) is 7.11 Å². The SMILES string of the molecule is COc1nn(C(=O)OC(C)(C)C)cc1Cl. The Morgan fingerprint density at radius 3 is 2.53 bits per heavy atom. The molecule has 0 atom stereocenters. The molecule has 0 saturated heterocycles. The number of carbonyl (C=O) groups is 1. The third-order valence-electron chi connectivity index (χ3n) is 1.41. The molecule has 84 valence electrons. The molecule has 0 aromatic carbocycles. The van der Waals surface area contributed by atoms with Crippen molar-refractivity contribution in [3.05, 3.63) is 11.2 Å². The van der Waals surface area contributed by atoms with Crippen LogP contribution in [0.1, 0.15) is 20.8 Å². The highest BCUT2D eigenvalue weighted by Crippen LogP contribution is 2.21. The van der Waals surface area contributed by atoms with Crippen LogP contribution in [0.25, 0.3) is 0 Å². The molecule has 0 aliphatic heterocycles. The molecule has 1 aromatic rings. The molecule has 0 saturated carbocycles. The Labute approximate surface area is 92.9 Å². The van der Waals surface area contributed by atoms with E-state index < -0.39 is 11.7 Å². The molecule has 0 spiro atoms. The number of carbonyl (C=O) groups excluding carboxylic acids is 1. The molecule has 1 aromatic heterocycles. The number of methoxy groups -OCH3 is 1. The minimum Gasteiger partial charge on any atom is -0.479 e. The lowest BCUT2D eigenvalue weighted by molar-refractivity contribution is 0.0512. The Hall–Kier alpha value is -1.23. The second-order valence-corrected chi connectivity index (χ2v) is 4.32. The number of ether oxygens (including phenoxy) is 2. The number of hydrogen-bond acceptors (Lipinski definition) is 4. The van der Waals surface area contributed by atoms with Gasteiger partial charge in [-0.05, 0) is 20.8 Å². The maximum absolute atomic E-state index is 11.5. The molecule has 0 amide bonds. The van der Waals surface area contributed by atoms with Crippen LogP contribution in [0, 0.1) is 0 Å².